The second-order valence-corrected chi connectivity index (χ2v) is 6.58. The molecule has 2 aromatic rings. The van der Waals surface area contributed by atoms with Crippen molar-refractivity contribution in [2.75, 3.05) is 25.5 Å². The van der Waals surface area contributed by atoms with E-state index >= 15 is 0 Å². The summed E-state index contributed by atoms with van der Waals surface area (Å²) in [6.45, 7) is 10.8. The first-order valence-electron chi connectivity index (χ1n) is 9.14. The van der Waals surface area contributed by atoms with E-state index in [0.29, 0.717) is 30.9 Å². The largest absolute Gasteiger partial charge is 0.331 e. The third-order valence-corrected chi connectivity index (χ3v) is 4.38. The van der Waals surface area contributed by atoms with Crippen molar-refractivity contribution in [2.45, 2.75) is 13.5 Å². The molecule has 2 rings (SSSR count). The van der Waals surface area contributed by atoms with Crippen LogP contribution in [0.2, 0.25) is 0 Å². The van der Waals surface area contributed by atoms with Crippen LogP contribution in [0, 0.1) is 6.92 Å². The molecule has 0 heterocycles. The summed E-state index contributed by atoms with van der Waals surface area (Å²) in [6.07, 6.45) is 3.36. The number of aryl methyl sites for hydroxylation is 1. The molecule has 5 nitrogen and oxygen atoms in total. The van der Waals surface area contributed by atoms with E-state index in [4.69, 9.17) is 0 Å². The van der Waals surface area contributed by atoms with Crippen molar-refractivity contribution < 1.29 is 9.59 Å². The van der Waals surface area contributed by atoms with Gasteiger partial charge in [0.25, 0.3) is 5.91 Å². The molecule has 0 fully saturated rings. The minimum Gasteiger partial charge on any atom is -0.331 e. The summed E-state index contributed by atoms with van der Waals surface area (Å²) < 4.78 is 0. The summed E-state index contributed by atoms with van der Waals surface area (Å²) >= 11 is 0. The van der Waals surface area contributed by atoms with E-state index in [9.17, 15) is 9.59 Å². The van der Waals surface area contributed by atoms with Crippen LogP contribution in [0.25, 0.3) is 0 Å². The van der Waals surface area contributed by atoms with Crippen LogP contribution in [0.5, 0.6) is 0 Å². The van der Waals surface area contributed by atoms with Gasteiger partial charge in [-0.25, -0.2) is 4.79 Å². The van der Waals surface area contributed by atoms with Gasteiger partial charge in [0.15, 0.2) is 0 Å². The quantitative estimate of drug-likeness (QED) is 0.690. The standard InChI is InChI=1S/C23H27N3O2/c1-5-15-26(16-6-2)22(27)19-11-13-21(14-12-19)24-23(28)25(4)17-20-10-8-7-9-18(20)3/h5-14H,1-2,15-17H2,3-4H3,(H,24,28). The highest BCUT2D eigenvalue weighted by Gasteiger charge is 2.14. The minimum atomic E-state index is -0.206. The maximum absolute atomic E-state index is 12.5. The molecule has 3 amide bonds. The van der Waals surface area contributed by atoms with Crippen molar-refractivity contribution in [3.05, 3.63) is 90.5 Å². The van der Waals surface area contributed by atoms with Crippen molar-refractivity contribution in [3.8, 4) is 0 Å². The highest BCUT2D eigenvalue weighted by atomic mass is 16.2. The summed E-state index contributed by atoms with van der Waals surface area (Å²) in [7, 11) is 1.75. The maximum atomic E-state index is 12.5. The van der Waals surface area contributed by atoms with Gasteiger partial charge in [-0.2, -0.15) is 0 Å². The monoisotopic (exact) mass is 377 g/mol. The van der Waals surface area contributed by atoms with Gasteiger partial charge in [-0.1, -0.05) is 36.4 Å². The number of benzene rings is 2. The molecule has 0 spiro atoms. The molecule has 0 aliphatic carbocycles. The van der Waals surface area contributed by atoms with Gasteiger partial charge in [0.2, 0.25) is 0 Å². The average Bonchev–Trinajstić information content (AvgIpc) is 2.69. The van der Waals surface area contributed by atoms with Gasteiger partial charge in [-0.15, -0.1) is 13.2 Å². The first-order chi connectivity index (χ1) is 13.5. The summed E-state index contributed by atoms with van der Waals surface area (Å²) in [5.41, 5.74) is 3.44. The van der Waals surface area contributed by atoms with Crippen molar-refractivity contribution in [3.63, 3.8) is 0 Å². The van der Waals surface area contributed by atoms with Crippen LogP contribution in [0.15, 0.2) is 73.8 Å². The van der Waals surface area contributed by atoms with Crippen LogP contribution >= 0.6 is 0 Å². The van der Waals surface area contributed by atoms with Crippen LogP contribution in [0.1, 0.15) is 21.5 Å². The van der Waals surface area contributed by atoms with Crippen LogP contribution in [0.4, 0.5) is 10.5 Å². The molecule has 146 valence electrons. The number of anilines is 1. The Morgan fingerprint density at radius 3 is 2.18 bits per heavy atom. The summed E-state index contributed by atoms with van der Waals surface area (Å²) in [4.78, 5) is 28.2. The number of nitrogens with one attached hydrogen (secondary N) is 1. The molecule has 0 unspecified atom stereocenters. The topological polar surface area (TPSA) is 52.7 Å². The van der Waals surface area contributed by atoms with Gasteiger partial charge in [-0.05, 0) is 42.3 Å². The van der Waals surface area contributed by atoms with Crippen molar-refractivity contribution in [2.24, 2.45) is 0 Å². The molecule has 0 saturated carbocycles. The molecule has 0 aromatic heterocycles. The van der Waals surface area contributed by atoms with E-state index in [1.807, 2.05) is 31.2 Å². The van der Waals surface area contributed by atoms with Gasteiger partial charge in [0, 0.05) is 37.9 Å². The van der Waals surface area contributed by atoms with Gasteiger partial charge < -0.3 is 15.1 Å². The number of carbonyl (C=O) groups excluding carboxylic acids is 2. The molecule has 0 saturated heterocycles. The first-order valence-corrected chi connectivity index (χ1v) is 9.14. The number of amides is 3. The van der Waals surface area contributed by atoms with Crippen molar-refractivity contribution in [1.29, 1.82) is 0 Å². The lowest BCUT2D eigenvalue weighted by atomic mass is 10.1. The lowest BCUT2D eigenvalue weighted by Gasteiger charge is -2.20. The number of hydrogen-bond acceptors (Lipinski definition) is 2. The number of rotatable bonds is 8. The number of hydrogen-bond donors (Lipinski definition) is 1. The number of carbonyl (C=O) groups is 2. The molecule has 0 atom stereocenters. The van der Waals surface area contributed by atoms with E-state index in [-0.39, 0.29) is 11.9 Å². The van der Waals surface area contributed by atoms with Crippen LogP contribution in [0.3, 0.4) is 0 Å². The Kier molecular flexibility index (Phi) is 7.57. The third kappa shape index (κ3) is 5.58. The minimum absolute atomic E-state index is 0.102. The molecule has 0 aliphatic heterocycles. The molecule has 5 heteroatoms. The maximum Gasteiger partial charge on any atom is 0.321 e. The van der Waals surface area contributed by atoms with Crippen molar-refractivity contribution in [1.82, 2.24) is 9.80 Å². The fraction of sp³-hybridized carbons (Fsp3) is 0.217. The molecule has 0 bridgehead atoms. The normalized spacial score (nSPS) is 10.1. The van der Waals surface area contributed by atoms with E-state index in [1.54, 1.807) is 53.3 Å². The third-order valence-electron chi connectivity index (χ3n) is 4.38. The van der Waals surface area contributed by atoms with Crippen LogP contribution < -0.4 is 5.32 Å². The Balaban J connectivity index is 2.00. The van der Waals surface area contributed by atoms with Crippen LogP contribution in [-0.2, 0) is 6.54 Å². The van der Waals surface area contributed by atoms with Crippen LogP contribution in [-0.4, -0.2) is 41.9 Å². The SMILES string of the molecule is C=CCN(CC=C)C(=O)c1ccc(NC(=O)N(C)Cc2ccccc2C)cc1. The molecule has 0 radical (unpaired) electrons. The Morgan fingerprint density at radius 1 is 1.00 bits per heavy atom. The zero-order valence-corrected chi connectivity index (χ0v) is 16.5. The number of nitrogens with zero attached hydrogens (tertiary/aromatic N) is 2. The average molecular weight is 377 g/mol. The smallest absolute Gasteiger partial charge is 0.321 e. The van der Waals surface area contributed by atoms with E-state index in [0.717, 1.165) is 11.1 Å². The fourth-order valence-electron chi connectivity index (χ4n) is 2.76. The fourth-order valence-corrected chi connectivity index (χ4v) is 2.76. The molecular weight excluding hydrogens is 350 g/mol. The van der Waals surface area contributed by atoms with E-state index in [2.05, 4.69) is 18.5 Å². The summed E-state index contributed by atoms with van der Waals surface area (Å²) in [5, 5.41) is 2.86. The summed E-state index contributed by atoms with van der Waals surface area (Å²) in [6, 6.07) is 14.6. The lowest BCUT2D eigenvalue weighted by Crippen LogP contribution is -2.32. The Bertz CT molecular complexity index is 833. The highest BCUT2D eigenvalue weighted by molar-refractivity contribution is 5.95. The number of urea groups is 1. The Labute approximate surface area is 167 Å². The zero-order valence-electron chi connectivity index (χ0n) is 16.5. The highest BCUT2D eigenvalue weighted by Crippen LogP contribution is 2.14. The van der Waals surface area contributed by atoms with Gasteiger partial charge in [0.05, 0.1) is 0 Å². The van der Waals surface area contributed by atoms with Gasteiger partial charge >= 0.3 is 6.03 Å². The predicted molar refractivity (Wildman–Crippen MR) is 114 cm³/mol. The van der Waals surface area contributed by atoms with Gasteiger partial charge in [-0.3, -0.25) is 4.79 Å². The Morgan fingerprint density at radius 2 is 1.61 bits per heavy atom. The second kappa shape index (κ2) is 10.1. The first kappa shape index (κ1) is 21.0. The zero-order chi connectivity index (χ0) is 20.5. The molecule has 1 N–H and O–H groups in total. The van der Waals surface area contributed by atoms with Crippen molar-refractivity contribution >= 4 is 17.6 Å². The molecule has 0 aliphatic rings. The summed E-state index contributed by atoms with van der Waals surface area (Å²) in [5.74, 6) is -0.102. The Hall–Kier alpha value is -3.34. The molecular formula is C23H27N3O2. The second-order valence-electron chi connectivity index (χ2n) is 6.58. The molecule has 2 aromatic carbocycles. The van der Waals surface area contributed by atoms with E-state index in [1.165, 1.54) is 0 Å². The van der Waals surface area contributed by atoms with Gasteiger partial charge in [0.1, 0.15) is 0 Å². The lowest BCUT2D eigenvalue weighted by molar-refractivity contribution is 0.0791. The molecule has 28 heavy (non-hydrogen) atoms. The van der Waals surface area contributed by atoms with E-state index < -0.39 is 0 Å². The predicted octanol–water partition coefficient (Wildman–Crippen LogP) is 4.47.